The first kappa shape index (κ1) is 31.8. The van der Waals surface area contributed by atoms with E-state index in [0.29, 0.717) is 6.42 Å². The van der Waals surface area contributed by atoms with Gasteiger partial charge in [0, 0.05) is 19.5 Å². The van der Waals surface area contributed by atoms with E-state index >= 15 is 0 Å². The Labute approximate surface area is 207 Å². The molecule has 0 heterocycles. The maximum Gasteiger partial charge on any atom is 0.322 e. The van der Waals surface area contributed by atoms with Crippen LogP contribution in [-0.4, -0.2) is 84.4 Å². The van der Waals surface area contributed by atoms with Gasteiger partial charge in [0.25, 0.3) is 0 Å². The second-order valence-corrected chi connectivity index (χ2v) is 7.74. The number of carbonyl (C=O) groups excluding carboxylic acids is 4. The number of guanidine groups is 2. The Morgan fingerprint density at radius 2 is 1.22 bits per heavy atom. The molecule has 3 unspecified atom stereocenters. The van der Waals surface area contributed by atoms with Gasteiger partial charge in [-0.15, -0.1) is 0 Å². The van der Waals surface area contributed by atoms with Gasteiger partial charge in [0.2, 0.25) is 23.6 Å². The minimum Gasteiger partial charge on any atom is -0.480 e. The summed E-state index contributed by atoms with van der Waals surface area (Å²) in [6.45, 7) is -0.269. The standard InChI is InChI=1S/C19H37N11O6/c20-10(3-1-7-26-18(22)23)15(34)29-12(5-6-13(21)31)17(36)30-11(4-2-8-27-19(24)25)16(35)28-9-14(32)33/h10-12H,1-9,20H2,(H2,21,31)(H,28,35)(H,29,34)(H,30,36)(H,32,33)(H4,22,23,26)(H4,24,25,27). The summed E-state index contributed by atoms with van der Waals surface area (Å²) in [5.41, 5.74) is 32.0. The zero-order valence-corrected chi connectivity index (χ0v) is 19.9. The molecule has 17 nitrogen and oxygen atoms in total. The molecule has 0 saturated heterocycles. The first-order valence-electron chi connectivity index (χ1n) is 11.1. The molecule has 0 aliphatic carbocycles. The lowest BCUT2D eigenvalue weighted by Crippen LogP contribution is -2.56. The summed E-state index contributed by atoms with van der Waals surface area (Å²) in [6.07, 6.45) is 0.519. The summed E-state index contributed by atoms with van der Waals surface area (Å²) in [5.74, 6) is -4.50. The van der Waals surface area contributed by atoms with Crippen molar-refractivity contribution in [2.45, 2.75) is 56.7 Å². The summed E-state index contributed by atoms with van der Waals surface area (Å²) in [6, 6.07) is -3.43. The molecule has 204 valence electrons. The molecule has 0 aromatic rings. The van der Waals surface area contributed by atoms with Gasteiger partial charge in [-0.1, -0.05) is 0 Å². The average molecular weight is 516 g/mol. The van der Waals surface area contributed by atoms with E-state index in [1.807, 2.05) is 0 Å². The molecule has 0 fully saturated rings. The second-order valence-electron chi connectivity index (χ2n) is 7.74. The predicted molar refractivity (Wildman–Crippen MR) is 131 cm³/mol. The van der Waals surface area contributed by atoms with Crippen LogP contribution in [-0.2, 0) is 24.0 Å². The fraction of sp³-hybridized carbons (Fsp3) is 0.632. The first-order valence-corrected chi connectivity index (χ1v) is 11.1. The molecule has 0 bridgehead atoms. The van der Waals surface area contributed by atoms with E-state index in [2.05, 4.69) is 25.9 Å². The van der Waals surface area contributed by atoms with E-state index in [4.69, 9.17) is 39.5 Å². The lowest BCUT2D eigenvalue weighted by molar-refractivity contribution is -0.138. The highest BCUT2D eigenvalue weighted by molar-refractivity contribution is 5.94. The molecule has 0 rings (SSSR count). The molecule has 0 radical (unpaired) electrons. The van der Waals surface area contributed by atoms with Crippen molar-refractivity contribution in [2.75, 3.05) is 19.6 Å². The molecule has 0 saturated carbocycles. The van der Waals surface area contributed by atoms with Crippen molar-refractivity contribution in [1.82, 2.24) is 16.0 Å². The Bertz CT molecular complexity index is 825. The van der Waals surface area contributed by atoms with Gasteiger partial charge < -0.3 is 55.5 Å². The van der Waals surface area contributed by atoms with E-state index < -0.39 is 54.3 Å². The van der Waals surface area contributed by atoms with Gasteiger partial charge in [0.15, 0.2) is 11.9 Å². The van der Waals surface area contributed by atoms with E-state index in [0.717, 1.165) is 0 Å². The van der Waals surface area contributed by atoms with Crippen LogP contribution in [0.25, 0.3) is 0 Å². The minimum atomic E-state index is -1.28. The third-order valence-electron chi connectivity index (χ3n) is 4.61. The normalized spacial score (nSPS) is 12.8. The molecule has 4 amide bonds. The number of nitrogens with zero attached hydrogens (tertiary/aromatic N) is 2. The van der Waals surface area contributed by atoms with Gasteiger partial charge in [-0.05, 0) is 32.1 Å². The van der Waals surface area contributed by atoms with Crippen LogP contribution in [0.3, 0.4) is 0 Å². The largest absolute Gasteiger partial charge is 0.480 e. The average Bonchev–Trinajstić information content (AvgIpc) is 2.78. The van der Waals surface area contributed by atoms with Gasteiger partial charge in [-0.25, -0.2) is 0 Å². The number of aliphatic imine (C=N–C) groups is 2. The fourth-order valence-electron chi connectivity index (χ4n) is 2.82. The molecule has 0 aromatic heterocycles. The number of hydrogen-bond donors (Lipinski definition) is 10. The van der Waals surface area contributed by atoms with Gasteiger partial charge in [-0.3, -0.25) is 34.0 Å². The summed E-state index contributed by atoms with van der Waals surface area (Å²) >= 11 is 0. The molecule has 0 aromatic carbocycles. The van der Waals surface area contributed by atoms with E-state index in [9.17, 15) is 24.0 Å². The summed E-state index contributed by atoms with van der Waals surface area (Å²) in [4.78, 5) is 67.5. The van der Waals surface area contributed by atoms with Crippen LogP contribution < -0.4 is 50.4 Å². The molecule has 17 heteroatoms. The Kier molecular flexibility index (Phi) is 15.3. The van der Waals surface area contributed by atoms with E-state index in [-0.39, 0.29) is 57.1 Å². The predicted octanol–water partition coefficient (Wildman–Crippen LogP) is -5.14. The molecule has 0 aliphatic heterocycles. The van der Waals surface area contributed by atoms with Crippen molar-refractivity contribution < 1.29 is 29.1 Å². The molecule has 36 heavy (non-hydrogen) atoms. The Morgan fingerprint density at radius 3 is 1.72 bits per heavy atom. The fourth-order valence-corrected chi connectivity index (χ4v) is 2.82. The summed E-state index contributed by atoms with van der Waals surface area (Å²) in [7, 11) is 0. The van der Waals surface area contributed by atoms with Crippen molar-refractivity contribution in [3.8, 4) is 0 Å². The molecular formula is C19H37N11O6. The molecule has 0 spiro atoms. The Morgan fingerprint density at radius 1 is 0.722 bits per heavy atom. The van der Waals surface area contributed by atoms with Crippen molar-refractivity contribution in [2.24, 2.45) is 44.4 Å². The van der Waals surface area contributed by atoms with Crippen molar-refractivity contribution in [3.05, 3.63) is 0 Å². The topological polar surface area (TPSA) is 323 Å². The van der Waals surface area contributed by atoms with Gasteiger partial charge in [0.1, 0.15) is 18.6 Å². The highest BCUT2D eigenvalue weighted by Gasteiger charge is 2.28. The van der Waals surface area contributed by atoms with Crippen LogP contribution in [0.15, 0.2) is 9.98 Å². The highest BCUT2D eigenvalue weighted by Crippen LogP contribution is 2.05. The first-order chi connectivity index (χ1) is 16.8. The van der Waals surface area contributed by atoms with E-state index in [1.54, 1.807) is 0 Å². The quantitative estimate of drug-likeness (QED) is 0.0467. The van der Waals surface area contributed by atoms with Crippen LogP contribution in [0.5, 0.6) is 0 Å². The molecular weight excluding hydrogens is 478 g/mol. The number of nitrogens with one attached hydrogen (secondary N) is 3. The lowest BCUT2D eigenvalue weighted by Gasteiger charge is -2.24. The van der Waals surface area contributed by atoms with Crippen molar-refractivity contribution in [1.29, 1.82) is 0 Å². The molecule has 3 atom stereocenters. The zero-order valence-electron chi connectivity index (χ0n) is 19.9. The Balaban J connectivity index is 5.33. The zero-order chi connectivity index (χ0) is 27.7. The number of aliphatic carboxylic acids is 1. The highest BCUT2D eigenvalue weighted by atomic mass is 16.4. The van der Waals surface area contributed by atoms with Crippen LogP contribution in [0, 0.1) is 0 Å². The SMILES string of the molecule is NC(=O)CCC(NC(=O)C(N)CCCN=C(N)N)C(=O)NC(CCCN=C(N)N)C(=O)NCC(=O)O. The van der Waals surface area contributed by atoms with Crippen LogP contribution in [0.2, 0.25) is 0 Å². The number of nitrogens with two attached hydrogens (primary N) is 6. The van der Waals surface area contributed by atoms with Crippen molar-refractivity contribution >= 4 is 41.5 Å². The minimum absolute atomic E-state index is 0.0504. The number of carbonyl (C=O) groups is 5. The number of hydrogen-bond acceptors (Lipinski definition) is 8. The molecule has 16 N–H and O–H groups in total. The third kappa shape index (κ3) is 15.6. The maximum atomic E-state index is 12.9. The lowest BCUT2D eigenvalue weighted by atomic mass is 10.1. The van der Waals surface area contributed by atoms with Gasteiger partial charge >= 0.3 is 5.97 Å². The van der Waals surface area contributed by atoms with Crippen molar-refractivity contribution in [3.63, 3.8) is 0 Å². The number of carboxylic acids is 1. The number of primary amides is 1. The summed E-state index contributed by atoms with van der Waals surface area (Å²) < 4.78 is 0. The maximum absolute atomic E-state index is 12.9. The van der Waals surface area contributed by atoms with Crippen LogP contribution in [0.4, 0.5) is 0 Å². The van der Waals surface area contributed by atoms with Gasteiger partial charge in [-0.2, -0.15) is 0 Å². The number of carboxylic acid groups (broad SMARTS) is 1. The Hall–Kier alpha value is -4.15. The van der Waals surface area contributed by atoms with Crippen LogP contribution >= 0.6 is 0 Å². The van der Waals surface area contributed by atoms with Gasteiger partial charge in [0.05, 0.1) is 6.04 Å². The number of rotatable bonds is 18. The van der Waals surface area contributed by atoms with Crippen LogP contribution in [0.1, 0.15) is 38.5 Å². The monoisotopic (exact) mass is 515 g/mol. The smallest absolute Gasteiger partial charge is 0.322 e. The molecule has 0 aliphatic rings. The third-order valence-corrected chi connectivity index (χ3v) is 4.61. The van der Waals surface area contributed by atoms with E-state index in [1.165, 1.54) is 0 Å². The second kappa shape index (κ2) is 17.3. The number of amides is 4. The summed E-state index contributed by atoms with van der Waals surface area (Å²) in [5, 5.41) is 15.9.